The summed E-state index contributed by atoms with van der Waals surface area (Å²) in [6.07, 6.45) is 3.50. The highest BCUT2D eigenvalue weighted by atomic mass is 15.0. The molecule has 96 valence electrons. The molecule has 0 unspecified atom stereocenters. The van der Waals surface area contributed by atoms with Crippen LogP contribution in [0.2, 0.25) is 0 Å². The molecule has 0 radical (unpaired) electrons. The predicted octanol–water partition coefficient (Wildman–Crippen LogP) is 3.64. The molecule has 0 heterocycles. The molecule has 0 bridgehead atoms. The monoisotopic (exact) mass is 234 g/mol. The van der Waals surface area contributed by atoms with E-state index in [4.69, 9.17) is 5.73 Å². The fraction of sp³-hybridized carbons (Fsp3) is 0.600. The second-order valence-corrected chi connectivity index (χ2v) is 4.83. The Morgan fingerprint density at radius 1 is 1.12 bits per heavy atom. The minimum absolute atomic E-state index is 0.275. The highest BCUT2D eigenvalue weighted by Gasteiger charge is 2.22. The Morgan fingerprint density at radius 3 is 2.24 bits per heavy atom. The molecule has 0 amide bonds. The van der Waals surface area contributed by atoms with E-state index in [9.17, 15) is 0 Å². The Kier molecular flexibility index (Phi) is 5.01. The smallest absolute Gasteiger partial charge is 0.0346 e. The second kappa shape index (κ2) is 6.06. The molecule has 0 fully saturated rings. The Hall–Kier alpha value is -1.02. The van der Waals surface area contributed by atoms with Gasteiger partial charge in [-0.15, -0.1) is 0 Å². The SMILES string of the molecule is CCC(CC)(CC)NCc1cccc(N)c1C. The van der Waals surface area contributed by atoms with Gasteiger partial charge in [-0.25, -0.2) is 0 Å². The fourth-order valence-corrected chi connectivity index (χ4v) is 2.30. The molecule has 0 aliphatic rings. The molecule has 1 rings (SSSR count). The molecular weight excluding hydrogens is 208 g/mol. The second-order valence-electron chi connectivity index (χ2n) is 4.83. The highest BCUT2D eigenvalue weighted by Crippen LogP contribution is 2.21. The minimum atomic E-state index is 0.275. The lowest BCUT2D eigenvalue weighted by Crippen LogP contribution is -2.43. The van der Waals surface area contributed by atoms with E-state index < -0.39 is 0 Å². The lowest BCUT2D eigenvalue weighted by atomic mass is 9.89. The Bertz CT molecular complexity index is 346. The van der Waals surface area contributed by atoms with Gasteiger partial charge in [-0.2, -0.15) is 0 Å². The van der Waals surface area contributed by atoms with Crippen molar-refractivity contribution in [1.82, 2.24) is 5.32 Å². The summed E-state index contributed by atoms with van der Waals surface area (Å²) in [5, 5.41) is 3.71. The Labute approximate surface area is 106 Å². The van der Waals surface area contributed by atoms with Crippen molar-refractivity contribution in [2.24, 2.45) is 0 Å². The van der Waals surface area contributed by atoms with Crippen molar-refractivity contribution in [3.63, 3.8) is 0 Å². The Balaban J connectivity index is 2.75. The summed E-state index contributed by atoms with van der Waals surface area (Å²) in [4.78, 5) is 0. The number of benzene rings is 1. The van der Waals surface area contributed by atoms with E-state index in [0.29, 0.717) is 0 Å². The van der Waals surface area contributed by atoms with Crippen molar-refractivity contribution in [3.8, 4) is 0 Å². The lowest BCUT2D eigenvalue weighted by Gasteiger charge is -2.32. The molecule has 1 aromatic rings. The van der Waals surface area contributed by atoms with Crippen LogP contribution >= 0.6 is 0 Å². The van der Waals surface area contributed by atoms with Crippen molar-refractivity contribution in [2.75, 3.05) is 5.73 Å². The van der Waals surface area contributed by atoms with E-state index in [1.165, 1.54) is 30.4 Å². The number of anilines is 1. The summed E-state index contributed by atoms with van der Waals surface area (Å²) in [6.45, 7) is 9.77. The first-order chi connectivity index (χ1) is 8.08. The van der Waals surface area contributed by atoms with Gasteiger partial charge in [-0.3, -0.25) is 0 Å². The van der Waals surface area contributed by atoms with Crippen LogP contribution < -0.4 is 11.1 Å². The standard InChI is InChI=1S/C15H26N2/c1-5-15(6-2,7-3)17-11-13-9-8-10-14(16)12(13)4/h8-10,17H,5-7,11,16H2,1-4H3. The van der Waals surface area contributed by atoms with Crippen LogP contribution in [0.15, 0.2) is 18.2 Å². The van der Waals surface area contributed by atoms with Gasteiger partial charge in [0.1, 0.15) is 0 Å². The topological polar surface area (TPSA) is 38.0 Å². The first kappa shape index (κ1) is 14.0. The van der Waals surface area contributed by atoms with Crippen molar-refractivity contribution < 1.29 is 0 Å². The van der Waals surface area contributed by atoms with Crippen LogP contribution in [0.25, 0.3) is 0 Å². The van der Waals surface area contributed by atoms with Crippen LogP contribution in [-0.4, -0.2) is 5.54 Å². The van der Waals surface area contributed by atoms with Crippen LogP contribution in [0.4, 0.5) is 5.69 Å². The number of nitrogen functional groups attached to an aromatic ring is 1. The maximum absolute atomic E-state index is 5.93. The van der Waals surface area contributed by atoms with Crippen LogP contribution in [0.3, 0.4) is 0 Å². The molecule has 0 aliphatic heterocycles. The summed E-state index contributed by atoms with van der Waals surface area (Å²) >= 11 is 0. The molecule has 0 saturated heterocycles. The number of hydrogen-bond donors (Lipinski definition) is 2. The molecule has 0 spiro atoms. The molecule has 17 heavy (non-hydrogen) atoms. The maximum atomic E-state index is 5.93. The largest absolute Gasteiger partial charge is 0.399 e. The first-order valence-corrected chi connectivity index (χ1v) is 6.67. The van der Waals surface area contributed by atoms with E-state index in [1.54, 1.807) is 0 Å². The molecular formula is C15H26N2. The minimum Gasteiger partial charge on any atom is -0.399 e. The number of hydrogen-bond acceptors (Lipinski definition) is 2. The van der Waals surface area contributed by atoms with Crippen LogP contribution in [0.5, 0.6) is 0 Å². The van der Waals surface area contributed by atoms with Crippen LogP contribution in [-0.2, 0) is 6.54 Å². The van der Waals surface area contributed by atoms with Crippen molar-refractivity contribution in [3.05, 3.63) is 29.3 Å². The van der Waals surface area contributed by atoms with Gasteiger partial charge >= 0.3 is 0 Å². The van der Waals surface area contributed by atoms with Gasteiger partial charge in [0.25, 0.3) is 0 Å². The molecule has 0 aliphatic carbocycles. The van der Waals surface area contributed by atoms with Crippen LogP contribution in [0.1, 0.15) is 51.2 Å². The van der Waals surface area contributed by atoms with Gasteiger partial charge in [0, 0.05) is 17.8 Å². The van der Waals surface area contributed by atoms with Gasteiger partial charge in [-0.05, 0) is 43.4 Å². The van der Waals surface area contributed by atoms with Crippen LogP contribution in [0, 0.1) is 6.92 Å². The summed E-state index contributed by atoms with van der Waals surface area (Å²) in [5.41, 5.74) is 9.61. The van der Waals surface area contributed by atoms with Gasteiger partial charge in [0.15, 0.2) is 0 Å². The normalized spacial score (nSPS) is 11.8. The van der Waals surface area contributed by atoms with Crippen molar-refractivity contribution >= 4 is 5.69 Å². The number of nitrogens with two attached hydrogens (primary N) is 1. The molecule has 0 saturated carbocycles. The summed E-state index contributed by atoms with van der Waals surface area (Å²) < 4.78 is 0. The molecule has 2 heteroatoms. The molecule has 2 nitrogen and oxygen atoms in total. The van der Waals surface area contributed by atoms with Crippen molar-refractivity contribution in [2.45, 2.75) is 59.0 Å². The summed E-state index contributed by atoms with van der Waals surface area (Å²) in [7, 11) is 0. The van der Waals surface area contributed by atoms with E-state index in [2.05, 4.69) is 39.1 Å². The molecule has 1 aromatic carbocycles. The highest BCUT2D eigenvalue weighted by molar-refractivity contribution is 5.49. The zero-order chi connectivity index (χ0) is 12.9. The Morgan fingerprint density at radius 2 is 1.71 bits per heavy atom. The fourth-order valence-electron chi connectivity index (χ4n) is 2.30. The van der Waals surface area contributed by atoms with Gasteiger partial charge in [0.2, 0.25) is 0 Å². The van der Waals surface area contributed by atoms with Crippen molar-refractivity contribution in [1.29, 1.82) is 0 Å². The average Bonchev–Trinajstić information content (AvgIpc) is 2.36. The summed E-state index contributed by atoms with van der Waals surface area (Å²) in [5.74, 6) is 0. The van der Waals surface area contributed by atoms with Gasteiger partial charge in [-0.1, -0.05) is 32.9 Å². The van der Waals surface area contributed by atoms with E-state index in [-0.39, 0.29) is 5.54 Å². The predicted molar refractivity (Wildman–Crippen MR) is 76.0 cm³/mol. The lowest BCUT2D eigenvalue weighted by molar-refractivity contribution is 0.288. The third-order valence-corrected chi connectivity index (χ3v) is 4.17. The first-order valence-electron chi connectivity index (χ1n) is 6.67. The molecule has 3 N–H and O–H groups in total. The zero-order valence-electron chi connectivity index (χ0n) is 11.6. The quantitative estimate of drug-likeness (QED) is 0.738. The maximum Gasteiger partial charge on any atom is 0.0346 e. The molecule has 0 atom stereocenters. The zero-order valence-corrected chi connectivity index (χ0v) is 11.6. The van der Waals surface area contributed by atoms with Gasteiger partial charge < -0.3 is 11.1 Å². The number of rotatable bonds is 6. The van der Waals surface area contributed by atoms with E-state index in [0.717, 1.165) is 12.2 Å². The third kappa shape index (κ3) is 3.22. The molecule has 0 aromatic heterocycles. The van der Waals surface area contributed by atoms with E-state index >= 15 is 0 Å². The number of nitrogens with one attached hydrogen (secondary N) is 1. The third-order valence-electron chi connectivity index (χ3n) is 4.17. The summed E-state index contributed by atoms with van der Waals surface area (Å²) in [6, 6.07) is 6.15. The van der Waals surface area contributed by atoms with E-state index in [1.807, 2.05) is 12.1 Å². The average molecular weight is 234 g/mol. The van der Waals surface area contributed by atoms with Gasteiger partial charge in [0.05, 0.1) is 0 Å².